The Morgan fingerprint density at radius 3 is 2.70 bits per heavy atom. The van der Waals surface area contributed by atoms with Crippen LogP contribution >= 0.6 is 0 Å². The zero-order valence-corrected chi connectivity index (χ0v) is 13.9. The normalized spacial score (nSPS) is 23.4. The lowest BCUT2D eigenvalue weighted by Crippen LogP contribution is -2.40. The number of carbonyl (C=O) groups excluding carboxylic acids is 1. The van der Waals surface area contributed by atoms with Gasteiger partial charge in [0.2, 0.25) is 0 Å². The van der Waals surface area contributed by atoms with Gasteiger partial charge in [-0.05, 0) is 31.2 Å². The van der Waals surface area contributed by atoms with Gasteiger partial charge >= 0.3 is 6.03 Å². The van der Waals surface area contributed by atoms with Gasteiger partial charge in [0.15, 0.2) is 0 Å². The lowest BCUT2D eigenvalue weighted by Gasteiger charge is -2.36. The molecule has 0 bridgehead atoms. The van der Waals surface area contributed by atoms with Crippen molar-refractivity contribution in [3.63, 3.8) is 0 Å². The van der Waals surface area contributed by atoms with E-state index in [9.17, 15) is 10.1 Å². The van der Waals surface area contributed by atoms with Crippen LogP contribution in [0.3, 0.4) is 0 Å². The van der Waals surface area contributed by atoms with E-state index in [4.69, 9.17) is 0 Å². The van der Waals surface area contributed by atoms with Gasteiger partial charge in [0, 0.05) is 24.1 Å². The molecule has 1 N–H and O–H groups in total. The predicted octanol–water partition coefficient (Wildman–Crippen LogP) is 3.70. The van der Waals surface area contributed by atoms with Crippen LogP contribution in [0, 0.1) is 16.7 Å². The van der Waals surface area contributed by atoms with E-state index in [2.05, 4.69) is 31.3 Å². The average molecular weight is 309 g/mol. The number of benzene rings is 1. The van der Waals surface area contributed by atoms with E-state index in [1.165, 1.54) is 5.56 Å². The van der Waals surface area contributed by atoms with E-state index in [1.54, 1.807) is 0 Å². The fourth-order valence-corrected chi connectivity index (χ4v) is 3.59. The Labute approximate surface area is 137 Å². The van der Waals surface area contributed by atoms with E-state index in [1.807, 2.05) is 23.1 Å². The molecule has 2 amide bonds. The fraction of sp³-hybridized carbons (Fsp3) is 0.474. The Kier molecular flexibility index (Phi) is 4.12. The largest absolute Gasteiger partial charge is 0.325 e. The minimum Gasteiger partial charge on any atom is -0.325 e. The zero-order chi connectivity index (χ0) is 16.4. The van der Waals surface area contributed by atoms with Crippen LogP contribution < -0.4 is 5.32 Å². The van der Waals surface area contributed by atoms with Gasteiger partial charge in [0.25, 0.3) is 0 Å². The molecule has 1 aliphatic carbocycles. The smallest absolute Gasteiger partial charge is 0.321 e. The maximum Gasteiger partial charge on any atom is 0.321 e. The number of rotatable bonds is 2. The van der Waals surface area contributed by atoms with Crippen molar-refractivity contribution >= 4 is 11.7 Å². The van der Waals surface area contributed by atoms with Crippen LogP contribution in [-0.4, -0.2) is 24.0 Å². The second-order valence-electron chi connectivity index (χ2n) is 6.73. The number of hydrogen-bond acceptors (Lipinski definition) is 2. The monoisotopic (exact) mass is 309 g/mol. The molecule has 2 aliphatic rings. The molecule has 0 aromatic heterocycles. The van der Waals surface area contributed by atoms with Crippen LogP contribution in [0.1, 0.15) is 44.2 Å². The lowest BCUT2D eigenvalue weighted by molar-refractivity contribution is 0.213. The zero-order valence-electron chi connectivity index (χ0n) is 13.9. The van der Waals surface area contributed by atoms with Crippen molar-refractivity contribution in [2.75, 3.05) is 13.1 Å². The van der Waals surface area contributed by atoms with E-state index in [-0.39, 0.29) is 11.4 Å². The number of likely N-dealkylation sites (tertiary alicyclic amines) is 1. The Morgan fingerprint density at radius 1 is 1.35 bits per heavy atom. The van der Waals surface area contributed by atoms with E-state index < -0.39 is 0 Å². The molecule has 4 heteroatoms. The van der Waals surface area contributed by atoms with Crippen molar-refractivity contribution in [2.45, 2.75) is 39.5 Å². The standard InChI is InChI=1S/C19H23N3O/c1-3-19(2)12-14-8-4-5-9-15(14)17(16(19)13-20)21-18(23)22-10-6-7-11-22/h4-5,8-9H,3,6-7,10-12H2,1-2H3,(H,21,23). The highest BCUT2D eigenvalue weighted by Gasteiger charge is 2.37. The summed E-state index contributed by atoms with van der Waals surface area (Å²) < 4.78 is 0. The van der Waals surface area contributed by atoms with Crippen molar-refractivity contribution in [3.8, 4) is 6.07 Å². The predicted molar refractivity (Wildman–Crippen MR) is 90.4 cm³/mol. The third kappa shape index (κ3) is 2.72. The summed E-state index contributed by atoms with van der Waals surface area (Å²) in [6.45, 7) is 5.82. The number of hydrogen-bond donors (Lipinski definition) is 1. The molecule has 120 valence electrons. The molecular formula is C19H23N3O. The third-order valence-corrected chi connectivity index (χ3v) is 5.24. The van der Waals surface area contributed by atoms with Gasteiger partial charge in [0.05, 0.1) is 17.3 Å². The maximum atomic E-state index is 12.6. The van der Waals surface area contributed by atoms with Crippen LogP contribution in [-0.2, 0) is 6.42 Å². The second kappa shape index (κ2) is 6.08. The molecule has 3 rings (SSSR count). The topological polar surface area (TPSA) is 56.1 Å². The fourth-order valence-electron chi connectivity index (χ4n) is 3.59. The quantitative estimate of drug-likeness (QED) is 0.905. The van der Waals surface area contributed by atoms with Gasteiger partial charge in [-0.3, -0.25) is 0 Å². The molecule has 1 aromatic carbocycles. The number of urea groups is 1. The molecule has 4 nitrogen and oxygen atoms in total. The molecule has 1 fully saturated rings. The minimum atomic E-state index is -0.225. The second-order valence-corrected chi connectivity index (χ2v) is 6.73. The number of nitriles is 1. The summed E-state index contributed by atoms with van der Waals surface area (Å²) in [6.07, 6.45) is 3.82. The molecule has 1 atom stereocenters. The number of allylic oxidation sites excluding steroid dienone is 1. The molecule has 1 saturated heterocycles. The Hall–Kier alpha value is -2.28. The highest BCUT2D eigenvalue weighted by atomic mass is 16.2. The maximum absolute atomic E-state index is 12.6. The summed E-state index contributed by atoms with van der Waals surface area (Å²) in [5, 5.41) is 12.8. The summed E-state index contributed by atoms with van der Waals surface area (Å²) in [6, 6.07) is 10.4. The van der Waals surface area contributed by atoms with Crippen molar-refractivity contribution in [1.82, 2.24) is 10.2 Å². The first-order chi connectivity index (χ1) is 11.1. The SMILES string of the molecule is CCC1(C)Cc2ccccc2C(NC(=O)N2CCCC2)=C1C#N. The van der Waals surface area contributed by atoms with E-state index >= 15 is 0 Å². The highest BCUT2D eigenvalue weighted by Crippen LogP contribution is 2.43. The number of nitrogens with one attached hydrogen (secondary N) is 1. The summed E-state index contributed by atoms with van der Waals surface area (Å²) in [5.74, 6) is 0. The molecule has 0 spiro atoms. The number of amides is 2. The number of fused-ring (bicyclic) bond motifs is 1. The van der Waals surface area contributed by atoms with Gasteiger partial charge in [0.1, 0.15) is 0 Å². The highest BCUT2D eigenvalue weighted by molar-refractivity contribution is 5.89. The molecule has 1 aromatic rings. The van der Waals surface area contributed by atoms with Crippen molar-refractivity contribution in [1.29, 1.82) is 5.26 Å². The molecule has 1 aliphatic heterocycles. The van der Waals surface area contributed by atoms with Crippen molar-refractivity contribution in [3.05, 3.63) is 41.0 Å². The van der Waals surface area contributed by atoms with Gasteiger partial charge in [-0.1, -0.05) is 38.1 Å². The van der Waals surface area contributed by atoms with Gasteiger partial charge in [-0.25, -0.2) is 4.79 Å². The number of nitrogens with zero attached hydrogens (tertiary/aromatic N) is 2. The summed E-state index contributed by atoms with van der Waals surface area (Å²) in [4.78, 5) is 14.4. The molecule has 23 heavy (non-hydrogen) atoms. The van der Waals surface area contributed by atoms with E-state index in [0.29, 0.717) is 11.3 Å². The van der Waals surface area contributed by atoms with Crippen LogP contribution in [0.25, 0.3) is 5.70 Å². The van der Waals surface area contributed by atoms with Crippen molar-refractivity contribution < 1.29 is 4.79 Å². The molecule has 0 radical (unpaired) electrons. The average Bonchev–Trinajstić information content (AvgIpc) is 3.09. The first-order valence-corrected chi connectivity index (χ1v) is 8.38. The van der Waals surface area contributed by atoms with Crippen LogP contribution in [0.2, 0.25) is 0 Å². The Balaban J connectivity index is 2.04. The van der Waals surface area contributed by atoms with Crippen LogP contribution in [0.15, 0.2) is 29.8 Å². The van der Waals surface area contributed by atoms with Gasteiger partial charge in [-0.2, -0.15) is 5.26 Å². The molecule has 1 heterocycles. The summed E-state index contributed by atoms with van der Waals surface area (Å²) >= 11 is 0. The van der Waals surface area contributed by atoms with Gasteiger partial charge < -0.3 is 10.2 Å². The first kappa shape index (κ1) is 15.6. The van der Waals surface area contributed by atoms with Gasteiger partial charge in [-0.15, -0.1) is 0 Å². The van der Waals surface area contributed by atoms with Crippen molar-refractivity contribution in [2.24, 2.45) is 5.41 Å². The Morgan fingerprint density at radius 2 is 2.04 bits per heavy atom. The molecule has 0 saturated carbocycles. The minimum absolute atomic E-state index is 0.0830. The summed E-state index contributed by atoms with van der Waals surface area (Å²) in [7, 11) is 0. The summed E-state index contributed by atoms with van der Waals surface area (Å²) in [5.41, 5.74) is 3.37. The first-order valence-electron chi connectivity index (χ1n) is 8.38. The Bertz CT molecular complexity index is 695. The van der Waals surface area contributed by atoms with Crippen LogP contribution in [0.4, 0.5) is 4.79 Å². The third-order valence-electron chi connectivity index (χ3n) is 5.24. The van der Waals surface area contributed by atoms with E-state index in [0.717, 1.165) is 44.3 Å². The molecule has 1 unspecified atom stereocenters. The number of carbonyl (C=O) groups is 1. The molecular weight excluding hydrogens is 286 g/mol. The lowest BCUT2D eigenvalue weighted by atomic mass is 9.69. The van der Waals surface area contributed by atoms with Crippen LogP contribution in [0.5, 0.6) is 0 Å².